The van der Waals surface area contributed by atoms with Crippen molar-refractivity contribution in [2.75, 3.05) is 41.5 Å². The van der Waals surface area contributed by atoms with Crippen molar-refractivity contribution in [3.63, 3.8) is 0 Å². The van der Waals surface area contributed by atoms with E-state index in [0.29, 0.717) is 88.2 Å². The predicted octanol–water partition coefficient (Wildman–Crippen LogP) is 14.5. The third-order valence-electron chi connectivity index (χ3n) is 14.4. The van der Waals surface area contributed by atoms with Crippen LogP contribution in [-0.4, -0.2) is 51.6 Å². The van der Waals surface area contributed by atoms with Gasteiger partial charge in [-0.1, -0.05) is 58.0 Å². The van der Waals surface area contributed by atoms with Crippen LogP contribution in [0, 0.1) is 45.9 Å². The van der Waals surface area contributed by atoms with Crippen molar-refractivity contribution in [3.8, 4) is 12.1 Å². The molecule has 0 amide bonds. The summed E-state index contributed by atoms with van der Waals surface area (Å²) in [5.74, 6) is 1.39. The minimum absolute atomic E-state index is 0. The normalized spacial score (nSPS) is 14.0. The summed E-state index contributed by atoms with van der Waals surface area (Å²) in [6.45, 7) is 17.9. The zero-order valence-electron chi connectivity index (χ0n) is 49.4. The number of nitriles is 2. The first kappa shape index (κ1) is 72.8. The molecule has 1 aromatic heterocycles. The number of anilines is 6. The Kier molecular flexibility index (Phi) is 27.3. The average molecular weight is 1470 g/mol. The Bertz CT molecular complexity index is 4270. The number of ketones is 3. The highest BCUT2D eigenvalue weighted by Crippen LogP contribution is 2.47. The number of nitrogens with one attached hydrogen (secondary N) is 2. The molecule has 472 valence electrons. The molecule has 0 spiro atoms. The Hall–Kier alpha value is -8.22. The van der Waals surface area contributed by atoms with Gasteiger partial charge in [0.25, 0.3) is 5.69 Å². The molecule has 92 heavy (non-hydrogen) atoms. The van der Waals surface area contributed by atoms with Crippen LogP contribution in [0.15, 0.2) is 116 Å². The lowest BCUT2D eigenvalue weighted by molar-refractivity contribution is -0.384. The topological polar surface area (TPSA) is 288 Å². The van der Waals surface area contributed by atoms with Crippen molar-refractivity contribution in [2.45, 2.75) is 78.1 Å². The van der Waals surface area contributed by atoms with Gasteiger partial charge in [0.05, 0.1) is 81.1 Å². The molecule has 5 aliphatic rings. The summed E-state index contributed by atoms with van der Waals surface area (Å²) in [6.07, 6.45) is 12.2. The molecule has 0 bridgehead atoms. The molecule has 6 N–H and O–H groups in total. The molecule has 0 unspecified atom stereocenters. The SMILES string of the molecule is CCOP(=O)(CC#N)OCC.Nc1cc2c(cc1Cl)CCC2=O.O=C1CCc2cc(Cl)c([N+](=O)[O-])cc21.O=C1CCc2cc(Cl)ccc21.[C-]#[N+]/C=C1/CCc2cc(Cl)c(Nc3ccnc(Nc4ccc(C#N)cc4)n3)cc21.[C-]#[N+]/C=C1\CCc2cc(Cl)c(N)cc21.[I-]. The van der Waals surface area contributed by atoms with Crippen LogP contribution >= 0.6 is 65.6 Å². The number of carbonyl (C=O) groups excluding carboxylic acids is 3. The van der Waals surface area contributed by atoms with E-state index in [-0.39, 0.29) is 58.2 Å². The Morgan fingerprint density at radius 2 is 1.11 bits per heavy atom. The minimum atomic E-state index is -3.08. The largest absolute Gasteiger partial charge is 1.00 e. The summed E-state index contributed by atoms with van der Waals surface area (Å²) in [4.78, 5) is 59.0. The molecule has 12 rings (SSSR count). The fourth-order valence-electron chi connectivity index (χ4n) is 10.1. The number of fused-ring (bicyclic) bond motifs is 5. The fraction of sp³-hybridized carbons (Fsp3) is 0.227. The van der Waals surface area contributed by atoms with Crippen molar-refractivity contribution < 1.29 is 56.9 Å². The number of carbonyl (C=O) groups is 3. The zero-order chi connectivity index (χ0) is 65.9. The summed E-state index contributed by atoms with van der Waals surface area (Å²) < 4.78 is 21.0. The summed E-state index contributed by atoms with van der Waals surface area (Å²) in [7, 11) is -3.08. The molecule has 1 heterocycles. The number of nitrogens with two attached hydrogens (primary N) is 2. The Balaban J connectivity index is 0.000000184. The lowest BCUT2D eigenvalue weighted by Crippen LogP contribution is -3.00. The molecule has 0 radical (unpaired) electrons. The van der Waals surface area contributed by atoms with Crippen molar-refractivity contribution >= 4 is 134 Å². The number of benzene rings is 6. The van der Waals surface area contributed by atoms with Gasteiger partial charge in [0.2, 0.25) is 5.95 Å². The van der Waals surface area contributed by atoms with Gasteiger partial charge >= 0.3 is 7.60 Å². The maximum Gasteiger partial charge on any atom is 0.344 e. The highest BCUT2D eigenvalue weighted by atomic mass is 127. The lowest BCUT2D eigenvalue weighted by Gasteiger charge is -2.12. The van der Waals surface area contributed by atoms with Crippen LogP contribution in [0.2, 0.25) is 25.1 Å². The number of nitrogen functional groups attached to an aromatic ring is 2. The smallest absolute Gasteiger partial charge is 0.344 e. The molecule has 0 atom stereocenters. The number of aromatic nitrogens is 2. The molecule has 0 aliphatic heterocycles. The molecule has 0 fully saturated rings. The third-order valence-corrected chi connectivity index (χ3v) is 17.7. The van der Waals surface area contributed by atoms with Gasteiger partial charge in [0.15, 0.2) is 29.7 Å². The van der Waals surface area contributed by atoms with Gasteiger partial charge in [-0.2, -0.15) is 15.5 Å². The number of hydrogen-bond donors (Lipinski definition) is 4. The third kappa shape index (κ3) is 19.4. The van der Waals surface area contributed by atoms with Gasteiger partial charge in [-0.15, -0.1) is 0 Å². The highest BCUT2D eigenvalue weighted by molar-refractivity contribution is 7.54. The second-order valence-corrected chi connectivity index (χ2v) is 24.5. The first-order chi connectivity index (χ1) is 43.6. The summed E-state index contributed by atoms with van der Waals surface area (Å²) in [6, 6.07) is 32.0. The highest BCUT2D eigenvalue weighted by Gasteiger charge is 2.27. The second kappa shape index (κ2) is 34.4. The van der Waals surface area contributed by atoms with E-state index in [9.17, 15) is 29.1 Å². The monoisotopic (exact) mass is 1460 g/mol. The first-order valence-corrected chi connectivity index (χ1v) is 31.8. The molecule has 5 aliphatic carbocycles. The van der Waals surface area contributed by atoms with Crippen LogP contribution in [0.4, 0.5) is 40.2 Å². The molecule has 7 aromatic rings. The second-order valence-electron chi connectivity index (χ2n) is 20.4. The molecule has 26 heteroatoms. The van der Waals surface area contributed by atoms with Crippen molar-refractivity contribution in [3.05, 3.63) is 235 Å². The number of nitrogens with zero attached hydrogens (tertiary/aromatic N) is 7. The fourth-order valence-corrected chi connectivity index (χ4v) is 12.3. The Labute approximate surface area is 574 Å². The number of halogens is 6. The van der Waals surface area contributed by atoms with E-state index in [1.54, 1.807) is 87.0 Å². The van der Waals surface area contributed by atoms with E-state index < -0.39 is 12.5 Å². The van der Waals surface area contributed by atoms with E-state index in [0.717, 1.165) is 111 Å². The van der Waals surface area contributed by atoms with Gasteiger partial charge in [0.1, 0.15) is 17.0 Å². The summed E-state index contributed by atoms with van der Waals surface area (Å²) in [5, 5.41) is 36.6. The zero-order valence-corrected chi connectivity index (χ0v) is 56.3. The molecule has 19 nitrogen and oxygen atoms in total. The first-order valence-electron chi connectivity index (χ1n) is 28.2. The minimum Gasteiger partial charge on any atom is -1.00 e. The van der Waals surface area contributed by atoms with E-state index in [1.165, 1.54) is 17.7 Å². The number of Topliss-reactive ketones (excluding diaryl/α,β-unsaturated/α-hetero) is 3. The Morgan fingerprint density at radius 1 is 0.630 bits per heavy atom. The molecule has 6 aromatic carbocycles. The maximum atomic E-state index is 11.3. The maximum absolute atomic E-state index is 11.3. The van der Waals surface area contributed by atoms with Crippen LogP contribution in [0.25, 0.3) is 20.8 Å². The van der Waals surface area contributed by atoms with Crippen molar-refractivity contribution in [2.24, 2.45) is 0 Å². The van der Waals surface area contributed by atoms with Crippen LogP contribution in [-0.2, 0) is 45.7 Å². The van der Waals surface area contributed by atoms with E-state index in [4.69, 9.17) is 102 Å². The number of aryl methyl sites for hydroxylation is 5. The van der Waals surface area contributed by atoms with Crippen LogP contribution in [0.1, 0.15) is 122 Å². The number of hydrogen-bond acceptors (Lipinski definition) is 16. The number of allylic oxidation sites excluding steroid dienone is 2. The van der Waals surface area contributed by atoms with Gasteiger partial charge in [-0.25, -0.2) is 14.7 Å². The van der Waals surface area contributed by atoms with Crippen molar-refractivity contribution in [1.29, 1.82) is 10.5 Å². The number of rotatable bonds is 10. The van der Waals surface area contributed by atoms with Gasteiger partial charge in [-0.3, -0.25) is 29.1 Å². The summed E-state index contributed by atoms with van der Waals surface area (Å²) in [5.41, 5.74) is 25.8. The molecular weight excluding hydrogens is 1410 g/mol. The molecule has 0 saturated heterocycles. The Morgan fingerprint density at radius 3 is 1.63 bits per heavy atom. The standard InChI is InChI=1S/C22H15ClN6.C11H9ClN2.C9H6ClNO3.C9H8ClNO.C9H7ClO.C6H12NO3P.HI/c1-25-13-16-5-4-15-10-19(23)20(11-18(15)16)28-21-8-9-26-22(29-21)27-17-6-2-14(12-24)3-7-17;1-14-6-8-3-2-7-4-10(12)11(13)5-9(7)8;10-7-3-5-1-2-9(12)6(5)4-8(7)11(13)14;10-7-3-5-1-2-9(12)6(5)4-8(7)11;10-7-2-3-8-6(5-7)1-4-9(8)11;1-3-9-11(8,6-5-7)10-4-2;/h2-3,6-11,13H,4-5H2,(H2,26,27,28,29);4-6H,2-3,13H2;3-4H,1-2H2;3-4H,1-2,11H2;2-3,5H,1,4H2;3-4,6H2,1-2H3;1H/p-1/b16-13-;8-6+;;;;;. The molecular formula is C66H57Cl5IN11O8P-. The number of nitro benzene ring substituents is 1. The number of nitro groups is 1. The predicted molar refractivity (Wildman–Crippen MR) is 358 cm³/mol. The van der Waals surface area contributed by atoms with E-state index >= 15 is 0 Å². The lowest BCUT2D eigenvalue weighted by atomic mass is 10.1. The quantitative estimate of drug-likeness (QED) is 0.0247. The van der Waals surface area contributed by atoms with Crippen LogP contribution in [0.5, 0.6) is 0 Å². The van der Waals surface area contributed by atoms with Crippen LogP contribution in [0.3, 0.4) is 0 Å². The van der Waals surface area contributed by atoms with Crippen molar-refractivity contribution in [1.82, 2.24) is 9.97 Å². The molecule has 0 saturated carbocycles. The van der Waals surface area contributed by atoms with Gasteiger partial charge in [0, 0.05) is 58.9 Å². The van der Waals surface area contributed by atoms with Gasteiger partial charge < -0.3 is 55.1 Å². The summed E-state index contributed by atoms with van der Waals surface area (Å²) >= 11 is 29.6. The van der Waals surface area contributed by atoms with Crippen LogP contribution < -0.4 is 46.1 Å². The average Bonchev–Trinajstić information content (AvgIpc) is 1.72. The van der Waals surface area contributed by atoms with E-state index in [2.05, 4.69) is 36.4 Å². The van der Waals surface area contributed by atoms with Gasteiger partial charge in [-0.05, 0) is 200 Å². The van der Waals surface area contributed by atoms with E-state index in [1.807, 2.05) is 36.4 Å².